The molecule has 2 aliphatic carbocycles. The van der Waals surface area contributed by atoms with Crippen LogP contribution < -0.4 is 19.5 Å². The Balaban J connectivity index is 1.33. The molecule has 1 aromatic heterocycles. The fraction of sp³-hybridized carbons (Fsp3) is 0.410. The van der Waals surface area contributed by atoms with E-state index in [1.807, 2.05) is 56.3 Å². The van der Waals surface area contributed by atoms with Gasteiger partial charge in [0.25, 0.3) is 5.91 Å². The predicted molar refractivity (Wildman–Crippen MR) is 196 cm³/mol. The second kappa shape index (κ2) is 14.5. The van der Waals surface area contributed by atoms with Crippen LogP contribution in [0.25, 0.3) is 22.2 Å². The molecule has 5 atom stereocenters. The molecule has 52 heavy (non-hydrogen) atoms. The summed E-state index contributed by atoms with van der Waals surface area (Å²) >= 11 is 0. The predicted octanol–water partition coefficient (Wildman–Crippen LogP) is 4.35. The Morgan fingerprint density at radius 3 is 2.42 bits per heavy atom. The number of allylic oxidation sites excluding steroid dienone is 1. The minimum Gasteiger partial charge on any atom is -0.497 e. The highest BCUT2D eigenvalue weighted by atomic mass is 32.2. The smallest absolute Gasteiger partial charge is 0.259 e. The number of likely N-dealkylation sites (tertiary alicyclic amines) is 1. The largest absolute Gasteiger partial charge is 0.497 e. The van der Waals surface area contributed by atoms with Gasteiger partial charge in [-0.2, -0.15) is 0 Å². The monoisotopic (exact) mass is 728 g/mol. The first kappa shape index (κ1) is 36.7. The van der Waals surface area contributed by atoms with Gasteiger partial charge in [-0.05, 0) is 43.4 Å². The first-order valence-electron chi connectivity index (χ1n) is 17.5. The van der Waals surface area contributed by atoms with E-state index in [4.69, 9.17) is 14.5 Å². The van der Waals surface area contributed by atoms with Crippen LogP contribution in [0.15, 0.2) is 79.9 Å². The first-order valence-corrected chi connectivity index (χ1v) is 19.0. The molecule has 1 aliphatic heterocycles. The van der Waals surface area contributed by atoms with E-state index in [0.717, 1.165) is 5.56 Å². The summed E-state index contributed by atoms with van der Waals surface area (Å²) < 4.78 is 39.6. The van der Waals surface area contributed by atoms with Gasteiger partial charge in [-0.1, -0.05) is 56.8 Å². The molecule has 3 amide bonds. The number of nitrogens with one attached hydrogen (secondary N) is 2. The van der Waals surface area contributed by atoms with Crippen LogP contribution in [0.1, 0.15) is 46.0 Å². The molecule has 1 saturated heterocycles. The number of carbonyl (C=O) groups is 4. The third-order valence-electron chi connectivity index (χ3n) is 10.2. The van der Waals surface area contributed by atoms with Crippen LogP contribution in [0.5, 0.6) is 11.5 Å². The summed E-state index contributed by atoms with van der Waals surface area (Å²) in [6, 6.07) is 15.8. The van der Waals surface area contributed by atoms with Crippen molar-refractivity contribution in [2.24, 2.45) is 17.8 Å². The molecular formula is C39H44N4O8S. The van der Waals surface area contributed by atoms with Crippen molar-refractivity contribution in [1.82, 2.24) is 19.9 Å². The topological polar surface area (TPSA) is 161 Å². The van der Waals surface area contributed by atoms with Crippen molar-refractivity contribution in [2.75, 3.05) is 13.7 Å². The zero-order valence-electron chi connectivity index (χ0n) is 29.5. The lowest BCUT2D eigenvalue weighted by Crippen LogP contribution is -2.57. The summed E-state index contributed by atoms with van der Waals surface area (Å²) in [5.74, 6) is -2.56. The Morgan fingerprint density at radius 2 is 1.81 bits per heavy atom. The van der Waals surface area contributed by atoms with Gasteiger partial charge in [-0.15, -0.1) is 6.58 Å². The summed E-state index contributed by atoms with van der Waals surface area (Å²) in [6.07, 6.45) is 3.08. The van der Waals surface area contributed by atoms with E-state index in [2.05, 4.69) is 23.2 Å². The van der Waals surface area contributed by atoms with E-state index >= 15 is 0 Å². The fourth-order valence-corrected chi connectivity index (χ4v) is 8.22. The summed E-state index contributed by atoms with van der Waals surface area (Å²) in [4.78, 5) is 60.8. The Labute approximate surface area is 303 Å². The number of ether oxygens (including phenoxy) is 2. The van der Waals surface area contributed by atoms with Gasteiger partial charge in [-0.25, -0.2) is 13.4 Å². The number of methoxy groups -OCH3 is 1. The molecule has 0 radical (unpaired) electrons. The van der Waals surface area contributed by atoms with Crippen LogP contribution in [0, 0.1) is 17.8 Å². The number of benzene rings is 2. The van der Waals surface area contributed by atoms with Crippen molar-refractivity contribution in [3.63, 3.8) is 0 Å². The number of ketones is 1. The number of aromatic nitrogens is 1. The van der Waals surface area contributed by atoms with Gasteiger partial charge >= 0.3 is 0 Å². The van der Waals surface area contributed by atoms with E-state index in [1.54, 1.807) is 19.2 Å². The van der Waals surface area contributed by atoms with E-state index < -0.39 is 62.5 Å². The number of pyridine rings is 1. The molecule has 3 fully saturated rings. The van der Waals surface area contributed by atoms with Gasteiger partial charge in [-0.3, -0.25) is 23.9 Å². The van der Waals surface area contributed by atoms with Crippen molar-refractivity contribution in [2.45, 2.75) is 68.9 Å². The minimum atomic E-state index is -3.89. The summed E-state index contributed by atoms with van der Waals surface area (Å²) in [5, 5.41) is 2.87. The van der Waals surface area contributed by atoms with Gasteiger partial charge in [0.05, 0.1) is 30.1 Å². The highest BCUT2D eigenvalue weighted by Crippen LogP contribution is 2.46. The van der Waals surface area contributed by atoms with Gasteiger partial charge in [0.1, 0.15) is 29.2 Å². The van der Waals surface area contributed by atoms with Crippen molar-refractivity contribution in [3.8, 4) is 22.8 Å². The second-order valence-electron chi connectivity index (χ2n) is 14.1. The number of sulfonamides is 1. The molecule has 6 rings (SSSR count). The standard InChI is InChI=1S/C39H44N4O8S/c1-6-25-21-39(25,38(47)42-52(48,49)29-14-15-29)41-36(45)34-19-28(22-43(34)37(46)31(23(3)4)17-26(44)7-2)51-35-20-32(24-11-9-8-10-12-24)40-33-18-27(50-5)13-16-30(33)35/h6-13,16,18,20,23,25,28-29,31,34H,1-2,14-15,17,19,21-22H2,3-5H3,(H,41,45)(H,42,47)/t25-,28-,31-,34+,39-/m1/s1. The van der Waals surface area contributed by atoms with Crippen LogP contribution in [0.4, 0.5) is 0 Å². The third-order valence-corrected chi connectivity index (χ3v) is 12.0. The van der Waals surface area contributed by atoms with Crippen molar-refractivity contribution >= 4 is 44.4 Å². The molecule has 13 heteroatoms. The molecule has 2 aromatic carbocycles. The molecule has 0 bridgehead atoms. The van der Waals surface area contributed by atoms with E-state index in [1.165, 1.54) is 17.1 Å². The van der Waals surface area contributed by atoms with E-state index in [0.29, 0.717) is 40.9 Å². The Bertz CT molecular complexity index is 2030. The van der Waals surface area contributed by atoms with Crippen LogP contribution in [0.3, 0.4) is 0 Å². The number of rotatable bonds is 15. The van der Waals surface area contributed by atoms with Gasteiger partial charge < -0.3 is 19.7 Å². The Kier molecular flexibility index (Phi) is 10.3. The van der Waals surface area contributed by atoms with Crippen LogP contribution in [0.2, 0.25) is 0 Å². The number of carbonyl (C=O) groups excluding carboxylic acids is 4. The average molecular weight is 729 g/mol. The zero-order chi connectivity index (χ0) is 37.4. The number of nitrogens with zero attached hydrogens (tertiary/aromatic N) is 2. The Morgan fingerprint density at radius 1 is 1.08 bits per heavy atom. The lowest BCUT2D eigenvalue weighted by molar-refractivity contribution is -0.144. The lowest BCUT2D eigenvalue weighted by atomic mass is 9.89. The molecular weight excluding hydrogens is 685 g/mol. The van der Waals surface area contributed by atoms with Gasteiger partial charge in [0.15, 0.2) is 5.78 Å². The molecule has 3 aromatic rings. The maximum absolute atomic E-state index is 14.3. The third kappa shape index (κ3) is 7.45. The maximum Gasteiger partial charge on any atom is 0.259 e. The zero-order valence-corrected chi connectivity index (χ0v) is 30.4. The number of hydrogen-bond acceptors (Lipinski definition) is 9. The SMILES string of the molecule is C=CC(=O)C[C@@H](C(=O)N1C[C@H](Oc2cc(-c3ccccc3)nc3cc(OC)ccc23)C[C@H]1C(=O)N[C@]1(C(=O)NS(=O)(=O)C2CC2)C[C@H]1C=C)C(C)C. The molecule has 0 unspecified atom stereocenters. The fourth-order valence-electron chi connectivity index (χ4n) is 6.85. The maximum atomic E-state index is 14.3. The Hall–Kier alpha value is -5.04. The summed E-state index contributed by atoms with van der Waals surface area (Å²) in [6.45, 7) is 11.0. The van der Waals surface area contributed by atoms with Crippen LogP contribution in [-0.4, -0.2) is 78.4 Å². The molecule has 2 saturated carbocycles. The highest BCUT2D eigenvalue weighted by Gasteiger charge is 2.62. The molecule has 0 spiro atoms. The van der Waals surface area contributed by atoms with Crippen LogP contribution in [-0.2, 0) is 29.2 Å². The first-order chi connectivity index (χ1) is 24.8. The highest BCUT2D eigenvalue weighted by molar-refractivity contribution is 7.91. The normalized spacial score (nSPS) is 23.1. The van der Waals surface area contributed by atoms with Crippen molar-refractivity contribution in [1.29, 1.82) is 0 Å². The number of amides is 3. The molecule has 274 valence electrons. The van der Waals surface area contributed by atoms with Crippen molar-refractivity contribution in [3.05, 3.63) is 79.9 Å². The number of fused-ring (bicyclic) bond motifs is 1. The van der Waals surface area contributed by atoms with Gasteiger partial charge in [0.2, 0.25) is 21.8 Å². The van der Waals surface area contributed by atoms with Crippen LogP contribution >= 0.6 is 0 Å². The quantitative estimate of drug-likeness (QED) is 0.171. The average Bonchev–Trinajstić information content (AvgIpc) is 4.06. The molecule has 2 N–H and O–H groups in total. The lowest BCUT2D eigenvalue weighted by Gasteiger charge is -2.30. The summed E-state index contributed by atoms with van der Waals surface area (Å²) in [7, 11) is -2.32. The molecule has 12 nitrogen and oxygen atoms in total. The number of hydrogen-bond donors (Lipinski definition) is 2. The van der Waals surface area contributed by atoms with Gasteiger partial charge in [0, 0.05) is 47.8 Å². The van der Waals surface area contributed by atoms with E-state index in [-0.39, 0.29) is 37.5 Å². The van der Waals surface area contributed by atoms with Crippen molar-refractivity contribution < 1.29 is 37.1 Å². The summed E-state index contributed by atoms with van der Waals surface area (Å²) in [5.41, 5.74) is 0.600. The second-order valence-corrected chi connectivity index (χ2v) is 16.1. The molecule has 3 aliphatic rings. The van der Waals surface area contributed by atoms with E-state index in [9.17, 15) is 27.6 Å². The molecule has 2 heterocycles. The minimum absolute atomic E-state index is 0.0171.